The summed E-state index contributed by atoms with van der Waals surface area (Å²) in [4.78, 5) is 82.2. The number of hydrogen-bond acceptors (Lipinski definition) is 7. The van der Waals surface area contributed by atoms with Crippen LogP contribution in [-0.2, 0) is 28.8 Å². The minimum Gasteiger partial charge on any atom is -0.354 e. The third-order valence-electron chi connectivity index (χ3n) is 17.6. The van der Waals surface area contributed by atoms with Gasteiger partial charge in [-0.2, -0.15) is 0 Å². The first-order chi connectivity index (χ1) is 22.6. The zero-order valence-corrected chi connectivity index (χ0v) is 31.5. The SMILES string of the molecule is CC1(C)[C@@]2(C(=O)NCCN(CCNC(=O)[C@]34CC[C@](C)(C(=O)C3)C4(C)C)CCNC(=O)[C@@]34CC[C@](C)(C(=O)C3)C4(C)C)CC[C@]1(C)C(=O)C2. The Morgan fingerprint density at radius 3 is 0.898 bits per heavy atom. The predicted octanol–water partition coefficient (Wildman–Crippen LogP) is 3.99. The van der Waals surface area contributed by atoms with Crippen LogP contribution in [-0.4, -0.2) is 79.2 Å². The molecule has 6 aliphatic carbocycles. The molecule has 6 atom stereocenters. The highest BCUT2D eigenvalue weighted by Crippen LogP contribution is 2.72. The number of carbonyl (C=O) groups is 6. The molecule has 0 radical (unpaired) electrons. The van der Waals surface area contributed by atoms with Crippen LogP contribution < -0.4 is 16.0 Å². The lowest BCUT2D eigenvalue weighted by molar-refractivity contribution is -0.136. The van der Waals surface area contributed by atoms with Gasteiger partial charge in [-0.1, -0.05) is 62.3 Å². The second kappa shape index (κ2) is 10.9. The fourth-order valence-corrected chi connectivity index (χ4v) is 11.9. The zero-order chi connectivity index (χ0) is 36.3. The van der Waals surface area contributed by atoms with Gasteiger partial charge in [-0.25, -0.2) is 0 Å². The van der Waals surface area contributed by atoms with Crippen molar-refractivity contribution in [2.24, 2.45) is 48.7 Å². The van der Waals surface area contributed by atoms with E-state index in [-0.39, 0.29) is 54.3 Å². The molecule has 6 rings (SSSR count). The molecular weight excluding hydrogens is 620 g/mol. The van der Waals surface area contributed by atoms with Crippen molar-refractivity contribution in [1.82, 2.24) is 20.9 Å². The van der Waals surface area contributed by atoms with Crippen molar-refractivity contribution in [3.63, 3.8) is 0 Å². The largest absolute Gasteiger partial charge is 0.354 e. The molecule has 0 heterocycles. The number of ketones is 3. The normalized spacial score (nSPS) is 40.4. The van der Waals surface area contributed by atoms with E-state index >= 15 is 0 Å². The van der Waals surface area contributed by atoms with Gasteiger partial charge in [0.05, 0.1) is 16.2 Å². The highest BCUT2D eigenvalue weighted by molar-refractivity contribution is 6.01. The molecular formula is C39H60N4O6. The highest BCUT2D eigenvalue weighted by Gasteiger charge is 2.74. The molecule has 0 spiro atoms. The van der Waals surface area contributed by atoms with E-state index < -0.39 is 48.7 Å². The van der Waals surface area contributed by atoms with E-state index in [9.17, 15) is 28.8 Å². The van der Waals surface area contributed by atoms with Crippen LogP contribution in [0.25, 0.3) is 0 Å². The average Bonchev–Trinajstić information content (AvgIpc) is 3.61. The summed E-state index contributed by atoms with van der Waals surface area (Å²) in [7, 11) is 0. The van der Waals surface area contributed by atoms with Crippen LogP contribution in [0.4, 0.5) is 0 Å². The van der Waals surface area contributed by atoms with Gasteiger partial charge in [-0.05, 0) is 54.8 Å². The van der Waals surface area contributed by atoms with Gasteiger partial charge in [-0.15, -0.1) is 0 Å². The van der Waals surface area contributed by atoms with Gasteiger partial charge in [0.15, 0.2) is 0 Å². The van der Waals surface area contributed by atoms with Crippen LogP contribution in [0.1, 0.15) is 120 Å². The van der Waals surface area contributed by atoms with Crippen molar-refractivity contribution in [3.8, 4) is 0 Å². The minimum atomic E-state index is -0.702. The number of rotatable bonds is 12. The van der Waals surface area contributed by atoms with Crippen molar-refractivity contribution < 1.29 is 28.8 Å². The lowest BCUT2D eigenvalue weighted by Crippen LogP contribution is -2.51. The molecule has 3 amide bonds. The van der Waals surface area contributed by atoms with E-state index in [0.717, 1.165) is 19.3 Å². The quantitative estimate of drug-likeness (QED) is 0.283. The van der Waals surface area contributed by atoms with Crippen LogP contribution in [0.2, 0.25) is 0 Å². The number of nitrogens with zero attached hydrogens (tertiary/aromatic N) is 1. The number of hydrogen-bond donors (Lipinski definition) is 3. The maximum absolute atomic E-state index is 13.7. The van der Waals surface area contributed by atoms with Crippen LogP contribution in [0.3, 0.4) is 0 Å². The molecule has 6 saturated carbocycles. The summed E-state index contributed by atoms with van der Waals surface area (Å²) in [6.45, 7) is 21.0. The van der Waals surface area contributed by atoms with E-state index in [1.54, 1.807) is 0 Å². The summed E-state index contributed by atoms with van der Waals surface area (Å²) in [5.41, 5.74) is -4.81. The summed E-state index contributed by atoms with van der Waals surface area (Å²) in [6, 6.07) is 0. The Balaban J connectivity index is 1.09. The monoisotopic (exact) mass is 680 g/mol. The molecule has 0 aromatic heterocycles. The molecule has 272 valence electrons. The van der Waals surface area contributed by atoms with Crippen LogP contribution >= 0.6 is 0 Å². The molecule has 0 saturated heterocycles. The standard InChI is InChI=1S/C39H60N4O6/c1-31(2)34(7)10-13-37(31,22-25(34)44)28(47)40-16-19-43(20-17-41-29(48)38-14-11-35(8,26(45)23-38)32(38,3)4)21-18-42-30(49)39-15-12-36(9,27(46)24-39)33(39,5)6/h10-24H2,1-9H3,(H,40,47)(H,41,48)(H,42,49)/t34-,35-,36-,37-,38+,39+/m1/s1. The van der Waals surface area contributed by atoms with E-state index in [4.69, 9.17) is 0 Å². The summed E-state index contributed by atoms with van der Waals surface area (Å²) in [6.07, 6.45) is 5.13. The number of fused-ring (bicyclic) bond motifs is 6. The first kappa shape index (κ1) is 36.2. The van der Waals surface area contributed by atoms with Gasteiger partial charge < -0.3 is 16.0 Å². The maximum atomic E-state index is 13.7. The lowest BCUT2D eigenvalue weighted by atomic mass is 9.64. The molecule has 0 unspecified atom stereocenters. The molecule has 10 nitrogen and oxygen atoms in total. The number of Topliss-reactive ketones (excluding diaryl/α,β-unsaturated/α-hetero) is 3. The maximum Gasteiger partial charge on any atom is 0.227 e. The van der Waals surface area contributed by atoms with E-state index in [0.29, 0.717) is 58.5 Å². The van der Waals surface area contributed by atoms with Crippen molar-refractivity contribution in [3.05, 3.63) is 0 Å². The Kier molecular flexibility index (Phi) is 8.08. The minimum absolute atomic E-state index is 0.0679. The Morgan fingerprint density at radius 2 is 0.714 bits per heavy atom. The van der Waals surface area contributed by atoms with E-state index in [1.807, 2.05) is 20.8 Å². The first-order valence-electron chi connectivity index (χ1n) is 18.7. The summed E-state index contributed by atoms with van der Waals surface area (Å²) in [5.74, 6) is 0.325. The number of nitrogens with one attached hydrogen (secondary N) is 3. The fourth-order valence-electron chi connectivity index (χ4n) is 11.9. The number of amides is 3. The third kappa shape index (κ3) is 4.27. The molecule has 10 heteroatoms. The Morgan fingerprint density at radius 1 is 0.469 bits per heavy atom. The molecule has 6 bridgehead atoms. The Labute approximate surface area is 292 Å². The second-order valence-corrected chi connectivity index (χ2v) is 19.0. The lowest BCUT2D eigenvalue weighted by Gasteiger charge is -2.39. The average molecular weight is 681 g/mol. The smallest absolute Gasteiger partial charge is 0.227 e. The first-order valence-corrected chi connectivity index (χ1v) is 18.7. The van der Waals surface area contributed by atoms with Crippen LogP contribution in [0.15, 0.2) is 0 Å². The highest BCUT2D eigenvalue weighted by atomic mass is 16.2. The predicted molar refractivity (Wildman–Crippen MR) is 185 cm³/mol. The van der Waals surface area contributed by atoms with Gasteiger partial charge in [0.1, 0.15) is 17.3 Å². The van der Waals surface area contributed by atoms with Gasteiger partial charge >= 0.3 is 0 Å². The second-order valence-electron chi connectivity index (χ2n) is 19.0. The third-order valence-corrected chi connectivity index (χ3v) is 17.6. The Hall–Kier alpha value is -2.62. The molecule has 49 heavy (non-hydrogen) atoms. The summed E-state index contributed by atoms with van der Waals surface area (Å²) in [5, 5.41) is 9.46. The molecule has 6 aliphatic rings. The topological polar surface area (TPSA) is 142 Å². The molecule has 0 aliphatic heterocycles. The zero-order valence-electron chi connectivity index (χ0n) is 31.5. The molecule has 0 aromatic carbocycles. The van der Waals surface area contributed by atoms with Crippen LogP contribution in [0.5, 0.6) is 0 Å². The molecule has 0 aromatic rings. The summed E-state index contributed by atoms with van der Waals surface area (Å²) >= 11 is 0. The fraction of sp³-hybridized carbons (Fsp3) is 0.846. The van der Waals surface area contributed by atoms with Crippen molar-refractivity contribution >= 4 is 35.1 Å². The van der Waals surface area contributed by atoms with E-state index in [2.05, 4.69) is 62.4 Å². The molecule has 3 N–H and O–H groups in total. The number of carbonyl (C=O) groups excluding carboxylic acids is 6. The van der Waals surface area contributed by atoms with Crippen molar-refractivity contribution in [2.45, 2.75) is 120 Å². The molecule has 6 fully saturated rings. The van der Waals surface area contributed by atoms with Crippen molar-refractivity contribution in [2.75, 3.05) is 39.3 Å². The van der Waals surface area contributed by atoms with E-state index in [1.165, 1.54) is 0 Å². The van der Waals surface area contributed by atoms with Crippen LogP contribution in [0, 0.1) is 48.7 Å². The van der Waals surface area contributed by atoms with Crippen molar-refractivity contribution in [1.29, 1.82) is 0 Å². The van der Waals surface area contributed by atoms with Gasteiger partial charge in [-0.3, -0.25) is 33.7 Å². The van der Waals surface area contributed by atoms with Gasteiger partial charge in [0.25, 0.3) is 0 Å². The van der Waals surface area contributed by atoms with Gasteiger partial charge in [0, 0.05) is 74.8 Å². The van der Waals surface area contributed by atoms with Gasteiger partial charge in [0.2, 0.25) is 17.7 Å². The summed E-state index contributed by atoms with van der Waals surface area (Å²) < 4.78 is 0. The Bertz CT molecular complexity index is 1340.